The highest BCUT2D eigenvalue weighted by Crippen LogP contribution is 2.12. The Bertz CT molecular complexity index is 566. The summed E-state index contributed by atoms with van der Waals surface area (Å²) >= 11 is 3.46. The molecule has 98 valence electrons. The Balaban J connectivity index is 1.82. The van der Waals surface area contributed by atoms with Gasteiger partial charge in [0.15, 0.2) is 6.61 Å². The molecule has 0 saturated heterocycles. The van der Waals surface area contributed by atoms with Crippen LogP contribution in [0.2, 0.25) is 0 Å². The quantitative estimate of drug-likeness (QED) is 0.648. The third-order valence-electron chi connectivity index (χ3n) is 2.18. The van der Waals surface area contributed by atoms with Crippen LogP contribution < -0.4 is 5.32 Å². The van der Waals surface area contributed by atoms with Crippen molar-refractivity contribution in [2.45, 2.75) is 0 Å². The predicted octanol–water partition coefficient (Wildman–Crippen LogP) is 3.15. The fraction of sp³-hybridized carbons (Fsp3) is 0.0769. The van der Waals surface area contributed by atoms with Gasteiger partial charge in [0.25, 0.3) is 5.91 Å². The summed E-state index contributed by atoms with van der Waals surface area (Å²) in [6.45, 7) is -0.289. The molecule has 4 nitrogen and oxygen atoms in total. The highest BCUT2D eigenvalue weighted by atomic mass is 127. The van der Waals surface area contributed by atoms with Gasteiger partial charge in [0, 0.05) is 9.26 Å². The molecule has 0 aliphatic rings. The average Bonchev–Trinajstić information content (AvgIpc) is 2.93. The van der Waals surface area contributed by atoms with Crippen LogP contribution in [0.5, 0.6) is 0 Å². The smallest absolute Gasteiger partial charge is 0.348 e. The van der Waals surface area contributed by atoms with Gasteiger partial charge < -0.3 is 10.1 Å². The number of anilines is 1. The van der Waals surface area contributed by atoms with Gasteiger partial charge >= 0.3 is 5.97 Å². The van der Waals surface area contributed by atoms with Crippen molar-refractivity contribution < 1.29 is 14.3 Å². The molecule has 0 saturated carbocycles. The van der Waals surface area contributed by atoms with E-state index in [1.54, 1.807) is 29.6 Å². The molecule has 1 aromatic carbocycles. The van der Waals surface area contributed by atoms with Crippen LogP contribution in [0, 0.1) is 3.57 Å². The molecule has 0 spiro atoms. The maximum absolute atomic E-state index is 11.6. The Morgan fingerprint density at radius 1 is 1.21 bits per heavy atom. The van der Waals surface area contributed by atoms with E-state index in [1.807, 2.05) is 12.1 Å². The van der Waals surface area contributed by atoms with Crippen LogP contribution in [-0.2, 0) is 9.53 Å². The summed E-state index contributed by atoms with van der Waals surface area (Å²) in [6.07, 6.45) is 0. The first-order valence-electron chi connectivity index (χ1n) is 5.41. The number of thiophene rings is 1. The molecule has 2 aromatic rings. The van der Waals surface area contributed by atoms with Crippen molar-refractivity contribution >= 4 is 51.5 Å². The zero-order valence-corrected chi connectivity index (χ0v) is 12.7. The second kappa shape index (κ2) is 6.67. The molecule has 1 amide bonds. The van der Waals surface area contributed by atoms with Crippen molar-refractivity contribution in [2.75, 3.05) is 11.9 Å². The van der Waals surface area contributed by atoms with E-state index >= 15 is 0 Å². The molecule has 0 bridgehead atoms. The normalized spacial score (nSPS) is 9.95. The Hall–Kier alpha value is -1.41. The van der Waals surface area contributed by atoms with Crippen LogP contribution >= 0.6 is 33.9 Å². The van der Waals surface area contributed by atoms with Gasteiger partial charge in [0.05, 0.1) is 0 Å². The lowest BCUT2D eigenvalue weighted by atomic mass is 10.3. The Morgan fingerprint density at radius 3 is 2.58 bits per heavy atom. The number of amides is 1. The van der Waals surface area contributed by atoms with Crippen LogP contribution in [0.3, 0.4) is 0 Å². The van der Waals surface area contributed by atoms with E-state index in [0.29, 0.717) is 10.6 Å². The van der Waals surface area contributed by atoms with E-state index in [4.69, 9.17) is 4.74 Å². The summed E-state index contributed by atoms with van der Waals surface area (Å²) in [6, 6.07) is 10.8. The minimum Gasteiger partial charge on any atom is -0.451 e. The SMILES string of the molecule is O=C(COC(=O)c1cccs1)Nc1ccc(I)cc1. The molecule has 0 radical (unpaired) electrons. The number of hydrogen-bond acceptors (Lipinski definition) is 4. The van der Waals surface area contributed by atoms with Crippen molar-refractivity contribution in [3.8, 4) is 0 Å². The maximum Gasteiger partial charge on any atom is 0.348 e. The van der Waals surface area contributed by atoms with Gasteiger partial charge in [0.1, 0.15) is 4.88 Å². The number of carbonyl (C=O) groups excluding carboxylic acids is 2. The van der Waals surface area contributed by atoms with Gasteiger partial charge in [0.2, 0.25) is 0 Å². The molecule has 0 aliphatic heterocycles. The van der Waals surface area contributed by atoms with Crippen LogP contribution in [0.25, 0.3) is 0 Å². The Morgan fingerprint density at radius 2 is 1.95 bits per heavy atom. The molecule has 0 aliphatic carbocycles. The summed E-state index contributed by atoms with van der Waals surface area (Å²) in [5.41, 5.74) is 0.678. The first kappa shape index (κ1) is 14.0. The highest BCUT2D eigenvalue weighted by molar-refractivity contribution is 14.1. The van der Waals surface area contributed by atoms with Gasteiger partial charge in [-0.25, -0.2) is 4.79 Å². The van der Waals surface area contributed by atoms with Crippen molar-refractivity contribution in [2.24, 2.45) is 0 Å². The number of benzene rings is 1. The third-order valence-corrected chi connectivity index (χ3v) is 3.75. The van der Waals surface area contributed by atoms with Gasteiger partial charge in [-0.2, -0.15) is 0 Å². The molecule has 0 atom stereocenters. The van der Waals surface area contributed by atoms with Gasteiger partial charge in [-0.1, -0.05) is 6.07 Å². The molecule has 0 fully saturated rings. The molecule has 19 heavy (non-hydrogen) atoms. The Kier molecular flexibility index (Phi) is 4.92. The van der Waals surface area contributed by atoms with Crippen LogP contribution in [0.1, 0.15) is 9.67 Å². The van der Waals surface area contributed by atoms with Gasteiger partial charge in [-0.05, 0) is 58.3 Å². The average molecular weight is 387 g/mol. The van der Waals surface area contributed by atoms with Crippen molar-refractivity contribution in [3.05, 3.63) is 50.2 Å². The summed E-state index contributed by atoms with van der Waals surface area (Å²) in [5.74, 6) is -0.834. The maximum atomic E-state index is 11.6. The highest BCUT2D eigenvalue weighted by Gasteiger charge is 2.10. The number of rotatable bonds is 4. The number of esters is 1. The van der Waals surface area contributed by atoms with Gasteiger partial charge in [-0.15, -0.1) is 11.3 Å². The number of ether oxygens (including phenoxy) is 1. The summed E-state index contributed by atoms with van der Waals surface area (Å²) in [7, 11) is 0. The minimum absolute atomic E-state index is 0.289. The standard InChI is InChI=1S/C13H10INO3S/c14-9-3-5-10(6-4-9)15-12(16)8-18-13(17)11-2-1-7-19-11/h1-7H,8H2,(H,15,16). The lowest BCUT2D eigenvalue weighted by Gasteiger charge is -2.05. The van der Waals surface area contributed by atoms with Crippen LogP contribution in [-0.4, -0.2) is 18.5 Å². The zero-order valence-electron chi connectivity index (χ0n) is 9.76. The number of halogens is 1. The monoisotopic (exact) mass is 387 g/mol. The first-order chi connectivity index (χ1) is 9.15. The van der Waals surface area contributed by atoms with E-state index in [0.717, 1.165) is 3.57 Å². The predicted molar refractivity (Wildman–Crippen MR) is 82.4 cm³/mol. The van der Waals surface area contributed by atoms with Crippen molar-refractivity contribution in [1.82, 2.24) is 0 Å². The minimum atomic E-state index is -0.479. The van der Waals surface area contributed by atoms with E-state index in [1.165, 1.54) is 11.3 Å². The second-order valence-corrected chi connectivity index (χ2v) is 5.80. The summed E-state index contributed by atoms with van der Waals surface area (Å²) < 4.78 is 5.99. The number of carbonyl (C=O) groups is 2. The van der Waals surface area contributed by atoms with E-state index in [9.17, 15) is 9.59 Å². The van der Waals surface area contributed by atoms with Gasteiger partial charge in [-0.3, -0.25) is 4.79 Å². The van der Waals surface area contributed by atoms with E-state index in [2.05, 4.69) is 27.9 Å². The molecular weight excluding hydrogens is 377 g/mol. The molecule has 1 heterocycles. The fourth-order valence-corrected chi connectivity index (χ4v) is 2.30. The number of hydrogen-bond donors (Lipinski definition) is 1. The Labute approximate surface area is 127 Å². The number of nitrogens with one attached hydrogen (secondary N) is 1. The molecule has 6 heteroatoms. The fourth-order valence-electron chi connectivity index (χ4n) is 1.33. The summed E-state index contributed by atoms with van der Waals surface area (Å²) in [5, 5.41) is 4.43. The second-order valence-electron chi connectivity index (χ2n) is 3.61. The summed E-state index contributed by atoms with van der Waals surface area (Å²) in [4.78, 5) is 23.6. The van der Waals surface area contributed by atoms with Crippen LogP contribution in [0.4, 0.5) is 5.69 Å². The largest absolute Gasteiger partial charge is 0.451 e. The molecule has 0 unspecified atom stereocenters. The van der Waals surface area contributed by atoms with Crippen LogP contribution in [0.15, 0.2) is 41.8 Å². The van der Waals surface area contributed by atoms with Crippen molar-refractivity contribution in [1.29, 1.82) is 0 Å². The molecule has 1 N–H and O–H groups in total. The third kappa shape index (κ3) is 4.32. The lowest BCUT2D eigenvalue weighted by Crippen LogP contribution is -2.20. The van der Waals surface area contributed by atoms with E-state index in [-0.39, 0.29) is 12.5 Å². The van der Waals surface area contributed by atoms with Crippen molar-refractivity contribution in [3.63, 3.8) is 0 Å². The lowest BCUT2D eigenvalue weighted by molar-refractivity contribution is -0.119. The zero-order chi connectivity index (χ0) is 13.7. The topological polar surface area (TPSA) is 55.4 Å². The molecular formula is C13H10INO3S. The first-order valence-corrected chi connectivity index (χ1v) is 7.37. The van der Waals surface area contributed by atoms with E-state index < -0.39 is 5.97 Å². The molecule has 2 rings (SSSR count). The molecule has 1 aromatic heterocycles.